The Balaban J connectivity index is 2.44. The SMILES string of the molecule is Cc1ccc(NC(C)CC(=O)NC(=O)O)cc1. The van der Waals surface area contributed by atoms with E-state index < -0.39 is 12.0 Å². The summed E-state index contributed by atoms with van der Waals surface area (Å²) >= 11 is 0. The zero-order valence-electron chi connectivity index (χ0n) is 9.86. The second-order valence-electron chi connectivity index (χ2n) is 3.97. The molecule has 5 heteroatoms. The van der Waals surface area contributed by atoms with Gasteiger partial charge in [-0.15, -0.1) is 0 Å². The summed E-state index contributed by atoms with van der Waals surface area (Å²) in [6, 6.07) is 7.64. The monoisotopic (exact) mass is 236 g/mol. The Morgan fingerprint density at radius 1 is 1.29 bits per heavy atom. The van der Waals surface area contributed by atoms with Gasteiger partial charge in [-0.3, -0.25) is 10.1 Å². The van der Waals surface area contributed by atoms with Crippen LogP contribution in [0.15, 0.2) is 24.3 Å². The van der Waals surface area contributed by atoms with Gasteiger partial charge in [-0.25, -0.2) is 4.79 Å². The van der Waals surface area contributed by atoms with Crippen LogP contribution in [0, 0.1) is 6.92 Å². The Kier molecular flexibility index (Phi) is 4.51. The first kappa shape index (κ1) is 13.0. The van der Waals surface area contributed by atoms with E-state index in [2.05, 4.69) is 5.32 Å². The summed E-state index contributed by atoms with van der Waals surface area (Å²) in [5, 5.41) is 13.3. The minimum absolute atomic E-state index is 0.111. The van der Waals surface area contributed by atoms with Gasteiger partial charge in [0.1, 0.15) is 0 Å². The Hall–Kier alpha value is -2.04. The van der Waals surface area contributed by atoms with E-state index in [1.54, 1.807) is 5.32 Å². The maximum absolute atomic E-state index is 11.2. The smallest absolute Gasteiger partial charge is 0.411 e. The van der Waals surface area contributed by atoms with Crippen molar-refractivity contribution in [2.24, 2.45) is 0 Å². The molecule has 1 unspecified atom stereocenters. The van der Waals surface area contributed by atoms with Crippen molar-refractivity contribution in [3.8, 4) is 0 Å². The quantitative estimate of drug-likeness (QED) is 0.747. The van der Waals surface area contributed by atoms with Crippen LogP contribution in [0.3, 0.4) is 0 Å². The zero-order chi connectivity index (χ0) is 12.8. The molecule has 0 aromatic heterocycles. The maximum Gasteiger partial charge on any atom is 0.411 e. The summed E-state index contributed by atoms with van der Waals surface area (Å²) in [5.74, 6) is -0.510. The van der Waals surface area contributed by atoms with E-state index in [1.165, 1.54) is 0 Å². The average Bonchev–Trinajstić information content (AvgIpc) is 2.19. The van der Waals surface area contributed by atoms with Crippen LogP contribution in [0.5, 0.6) is 0 Å². The van der Waals surface area contributed by atoms with Gasteiger partial charge >= 0.3 is 6.09 Å². The highest BCUT2D eigenvalue weighted by Gasteiger charge is 2.10. The molecular formula is C12H16N2O3. The number of imide groups is 1. The highest BCUT2D eigenvalue weighted by Crippen LogP contribution is 2.10. The minimum atomic E-state index is -1.32. The number of anilines is 1. The van der Waals surface area contributed by atoms with E-state index in [1.807, 2.05) is 38.1 Å². The lowest BCUT2D eigenvalue weighted by Crippen LogP contribution is -2.32. The van der Waals surface area contributed by atoms with Gasteiger partial charge in [-0.1, -0.05) is 17.7 Å². The number of hydrogen-bond donors (Lipinski definition) is 3. The third-order valence-electron chi connectivity index (χ3n) is 2.20. The average molecular weight is 236 g/mol. The second kappa shape index (κ2) is 5.89. The normalized spacial score (nSPS) is 11.6. The molecule has 17 heavy (non-hydrogen) atoms. The van der Waals surface area contributed by atoms with Crippen molar-refractivity contribution < 1.29 is 14.7 Å². The number of amides is 2. The molecule has 2 amide bonds. The Bertz CT molecular complexity index is 401. The molecule has 0 heterocycles. The number of benzene rings is 1. The Morgan fingerprint density at radius 3 is 2.41 bits per heavy atom. The Morgan fingerprint density at radius 2 is 1.88 bits per heavy atom. The summed E-state index contributed by atoms with van der Waals surface area (Å²) in [5.41, 5.74) is 2.07. The second-order valence-corrected chi connectivity index (χ2v) is 3.97. The van der Waals surface area contributed by atoms with Crippen LogP contribution in [-0.2, 0) is 4.79 Å². The third-order valence-corrected chi connectivity index (χ3v) is 2.20. The molecule has 0 spiro atoms. The molecule has 0 fully saturated rings. The highest BCUT2D eigenvalue weighted by molar-refractivity contribution is 5.91. The first-order valence-corrected chi connectivity index (χ1v) is 5.33. The molecule has 0 bridgehead atoms. The summed E-state index contributed by atoms with van der Waals surface area (Å²) in [4.78, 5) is 21.4. The number of carbonyl (C=O) groups excluding carboxylic acids is 1. The van der Waals surface area contributed by atoms with Crippen LogP contribution in [-0.4, -0.2) is 23.1 Å². The summed E-state index contributed by atoms with van der Waals surface area (Å²) < 4.78 is 0. The van der Waals surface area contributed by atoms with Gasteiger partial charge in [-0.05, 0) is 26.0 Å². The largest absolute Gasteiger partial charge is 0.465 e. The fourth-order valence-electron chi connectivity index (χ4n) is 1.43. The molecule has 1 aromatic carbocycles. The first-order chi connectivity index (χ1) is 7.97. The standard InChI is InChI=1S/C12H16N2O3/c1-8-3-5-10(6-4-8)13-9(2)7-11(15)14-12(16)17/h3-6,9,13H,7H2,1-2H3,(H,14,15)(H,16,17). The van der Waals surface area contributed by atoms with E-state index in [0.29, 0.717) is 0 Å². The van der Waals surface area contributed by atoms with E-state index in [9.17, 15) is 9.59 Å². The molecular weight excluding hydrogens is 220 g/mol. The molecule has 0 saturated heterocycles. The molecule has 1 rings (SSSR count). The Labute approximate surface area is 99.8 Å². The molecule has 0 aliphatic heterocycles. The van der Waals surface area contributed by atoms with Crippen LogP contribution in [0.4, 0.5) is 10.5 Å². The predicted octanol–water partition coefficient (Wildman–Crippen LogP) is 1.98. The van der Waals surface area contributed by atoms with E-state index in [4.69, 9.17) is 5.11 Å². The molecule has 0 aliphatic carbocycles. The lowest BCUT2D eigenvalue weighted by Gasteiger charge is -2.14. The molecule has 0 saturated carbocycles. The number of rotatable bonds is 4. The summed E-state index contributed by atoms with van der Waals surface area (Å²) in [7, 11) is 0. The fourth-order valence-corrected chi connectivity index (χ4v) is 1.43. The summed E-state index contributed by atoms with van der Waals surface area (Å²) in [6.45, 7) is 3.81. The fraction of sp³-hybridized carbons (Fsp3) is 0.333. The number of carboxylic acid groups (broad SMARTS) is 1. The van der Waals surface area contributed by atoms with Crippen LogP contribution >= 0.6 is 0 Å². The zero-order valence-corrected chi connectivity index (χ0v) is 9.86. The van der Waals surface area contributed by atoms with E-state index in [-0.39, 0.29) is 12.5 Å². The van der Waals surface area contributed by atoms with Crippen molar-refractivity contribution in [3.63, 3.8) is 0 Å². The van der Waals surface area contributed by atoms with Crippen molar-refractivity contribution in [3.05, 3.63) is 29.8 Å². The predicted molar refractivity (Wildman–Crippen MR) is 65.0 cm³/mol. The van der Waals surface area contributed by atoms with Gasteiger partial charge in [0.15, 0.2) is 0 Å². The molecule has 1 atom stereocenters. The maximum atomic E-state index is 11.2. The van der Waals surface area contributed by atoms with Crippen LogP contribution < -0.4 is 10.6 Å². The highest BCUT2D eigenvalue weighted by atomic mass is 16.4. The topological polar surface area (TPSA) is 78.4 Å². The van der Waals surface area contributed by atoms with Gasteiger partial charge in [0.25, 0.3) is 0 Å². The van der Waals surface area contributed by atoms with Gasteiger partial charge in [0.2, 0.25) is 5.91 Å². The molecule has 92 valence electrons. The molecule has 0 radical (unpaired) electrons. The first-order valence-electron chi connectivity index (χ1n) is 5.33. The molecule has 1 aromatic rings. The van der Waals surface area contributed by atoms with Gasteiger partial charge in [-0.2, -0.15) is 0 Å². The van der Waals surface area contributed by atoms with E-state index >= 15 is 0 Å². The lowest BCUT2D eigenvalue weighted by atomic mass is 10.2. The van der Waals surface area contributed by atoms with Crippen molar-refractivity contribution in [2.75, 3.05) is 5.32 Å². The van der Waals surface area contributed by atoms with Gasteiger partial charge in [0.05, 0.1) is 0 Å². The summed E-state index contributed by atoms with van der Waals surface area (Å²) in [6.07, 6.45) is -1.21. The van der Waals surface area contributed by atoms with Gasteiger partial charge < -0.3 is 10.4 Å². The van der Waals surface area contributed by atoms with Crippen molar-refractivity contribution in [1.82, 2.24) is 5.32 Å². The number of carbonyl (C=O) groups is 2. The van der Waals surface area contributed by atoms with Crippen LogP contribution in [0.2, 0.25) is 0 Å². The van der Waals surface area contributed by atoms with Crippen molar-refractivity contribution >= 4 is 17.7 Å². The number of hydrogen-bond acceptors (Lipinski definition) is 3. The van der Waals surface area contributed by atoms with Crippen LogP contribution in [0.25, 0.3) is 0 Å². The number of nitrogens with one attached hydrogen (secondary N) is 2. The minimum Gasteiger partial charge on any atom is -0.465 e. The molecule has 5 nitrogen and oxygen atoms in total. The van der Waals surface area contributed by atoms with Crippen molar-refractivity contribution in [2.45, 2.75) is 26.3 Å². The van der Waals surface area contributed by atoms with Crippen LogP contribution in [0.1, 0.15) is 18.9 Å². The van der Waals surface area contributed by atoms with Gasteiger partial charge in [0, 0.05) is 18.2 Å². The third kappa shape index (κ3) is 5.01. The molecule has 3 N–H and O–H groups in total. The number of aryl methyl sites for hydroxylation is 1. The lowest BCUT2D eigenvalue weighted by molar-refractivity contribution is -0.120. The van der Waals surface area contributed by atoms with E-state index in [0.717, 1.165) is 11.3 Å². The molecule has 0 aliphatic rings. The van der Waals surface area contributed by atoms with Crippen molar-refractivity contribution in [1.29, 1.82) is 0 Å².